The predicted octanol–water partition coefficient (Wildman–Crippen LogP) is 3.21. The molecule has 0 heterocycles. The van der Waals surface area contributed by atoms with E-state index in [-0.39, 0.29) is 0 Å². The number of carboxylic acid groups (broad SMARTS) is 1. The standard InChI is InChI=1S/C15H21NO4/c1-10-8-6-7-9-12(10)16(11(2)13(17)18)14(19)20-15(3,4)5/h6-9,11H,1-5H3,(H,17,18)/t11-/m1/s1. The van der Waals surface area contributed by atoms with E-state index in [0.29, 0.717) is 5.69 Å². The van der Waals surface area contributed by atoms with Gasteiger partial charge in [-0.1, -0.05) is 18.2 Å². The van der Waals surface area contributed by atoms with Crippen molar-refractivity contribution in [3.8, 4) is 0 Å². The molecule has 0 unspecified atom stereocenters. The zero-order valence-corrected chi connectivity index (χ0v) is 12.5. The predicted molar refractivity (Wildman–Crippen MR) is 77.0 cm³/mol. The molecule has 1 aromatic rings. The van der Waals surface area contributed by atoms with Crippen LogP contribution in [-0.4, -0.2) is 28.8 Å². The van der Waals surface area contributed by atoms with E-state index in [1.165, 1.54) is 11.8 Å². The Kier molecular flexibility index (Phi) is 4.76. The van der Waals surface area contributed by atoms with Gasteiger partial charge in [0.2, 0.25) is 0 Å². The summed E-state index contributed by atoms with van der Waals surface area (Å²) in [7, 11) is 0. The van der Waals surface area contributed by atoms with Crippen molar-refractivity contribution in [3.63, 3.8) is 0 Å². The molecule has 0 aliphatic rings. The van der Waals surface area contributed by atoms with E-state index in [1.807, 2.05) is 19.1 Å². The molecule has 0 bridgehead atoms. The Morgan fingerprint density at radius 2 is 1.80 bits per heavy atom. The molecule has 1 aromatic carbocycles. The van der Waals surface area contributed by atoms with Crippen molar-refractivity contribution in [1.82, 2.24) is 0 Å². The largest absolute Gasteiger partial charge is 0.480 e. The monoisotopic (exact) mass is 279 g/mol. The van der Waals surface area contributed by atoms with Crippen molar-refractivity contribution in [3.05, 3.63) is 29.8 Å². The highest BCUT2D eigenvalue weighted by molar-refractivity contribution is 5.95. The first-order chi connectivity index (χ1) is 9.13. The van der Waals surface area contributed by atoms with Crippen molar-refractivity contribution >= 4 is 17.7 Å². The van der Waals surface area contributed by atoms with E-state index in [1.54, 1.807) is 32.9 Å². The molecule has 0 radical (unpaired) electrons. The maximum atomic E-state index is 12.3. The second-order valence-corrected chi connectivity index (χ2v) is 5.65. The zero-order valence-electron chi connectivity index (χ0n) is 12.5. The van der Waals surface area contributed by atoms with Crippen LogP contribution in [-0.2, 0) is 9.53 Å². The number of carboxylic acids is 1. The number of benzene rings is 1. The Balaban J connectivity index is 3.20. The summed E-state index contributed by atoms with van der Waals surface area (Å²) < 4.78 is 5.30. The van der Waals surface area contributed by atoms with Gasteiger partial charge in [0.1, 0.15) is 11.6 Å². The Bertz CT molecular complexity index is 505. The summed E-state index contributed by atoms with van der Waals surface area (Å²) >= 11 is 0. The van der Waals surface area contributed by atoms with E-state index in [0.717, 1.165) is 5.56 Å². The van der Waals surface area contributed by atoms with E-state index in [9.17, 15) is 14.7 Å². The fourth-order valence-electron chi connectivity index (χ4n) is 1.72. The number of hydrogen-bond donors (Lipinski definition) is 1. The number of aryl methyl sites for hydroxylation is 1. The lowest BCUT2D eigenvalue weighted by Crippen LogP contribution is -2.46. The molecule has 0 aliphatic heterocycles. The molecule has 0 aromatic heterocycles. The fraction of sp³-hybridized carbons (Fsp3) is 0.467. The zero-order chi connectivity index (χ0) is 15.5. The van der Waals surface area contributed by atoms with Gasteiger partial charge in [-0.3, -0.25) is 4.90 Å². The summed E-state index contributed by atoms with van der Waals surface area (Å²) in [5.41, 5.74) is 0.666. The fourth-order valence-corrected chi connectivity index (χ4v) is 1.72. The summed E-state index contributed by atoms with van der Waals surface area (Å²) in [6.07, 6.45) is -0.665. The van der Waals surface area contributed by atoms with Gasteiger partial charge in [0.15, 0.2) is 0 Å². The maximum absolute atomic E-state index is 12.3. The highest BCUT2D eigenvalue weighted by Crippen LogP contribution is 2.24. The van der Waals surface area contributed by atoms with Crippen LogP contribution in [0.15, 0.2) is 24.3 Å². The number of rotatable bonds is 3. The van der Waals surface area contributed by atoms with Gasteiger partial charge in [0.05, 0.1) is 5.69 Å². The number of hydrogen-bond acceptors (Lipinski definition) is 3. The molecule has 20 heavy (non-hydrogen) atoms. The lowest BCUT2D eigenvalue weighted by molar-refractivity contribution is -0.138. The minimum absolute atomic E-state index is 0.539. The van der Waals surface area contributed by atoms with Gasteiger partial charge in [-0.25, -0.2) is 9.59 Å². The number of ether oxygens (including phenoxy) is 1. The van der Waals surface area contributed by atoms with Crippen LogP contribution in [0.4, 0.5) is 10.5 Å². The number of aliphatic carboxylic acids is 1. The van der Waals surface area contributed by atoms with E-state index in [4.69, 9.17) is 4.74 Å². The van der Waals surface area contributed by atoms with Crippen molar-refractivity contribution in [2.75, 3.05) is 4.90 Å². The molecule has 0 spiro atoms. The van der Waals surface area contributed by atoms with Crippen LogP contribution in [0, 0.1) is 6.92 Å². The number of para-hydroxylation sites is 1. The number of carbonyl (C=O) groups excluding carboxylic acids is 1. The average Bonchev–Trinajstić information content (AvgIpc) is 2.29. The Morgan fingerprint density at radius 1 is 1.25 bits per heavy atom. The van der Waals surface area contributed by atoms with Crippen molar-refractivity contribution in [2.45, 2.75) is 46.3 Å². The van der Waals surface area contributed by atoms with Crippen LogP contribution in [0.1, 0.15) is 33.3 Å². The minimum Gasteiger partial charge on any atom is -0.480 e. The molecule has 1 rings (SSSR count). The molecular weight excluding hydrogens is 258 g/mol. The molecular formula is C15H21NO4. The van der Waals surface area contributed by atoms with Crippen LogP contribution < -0.4 is 4.90 Å². The highest BCUT2D eigenvalue weighted by atomic mass is 16.6. The number of carbonyl (C=O) groups is 2. The Labute approximate surface area is 119 Å². The average molecular weight is 279 g/mol. The first kappa shape index (κ1) is 16.0. The van der Waals surface area contributed by atoms with E-state index >= 15 is 0 Å². The lowest BCUT2D eigenvalue weighted by atomic mass is 10.1. The molecule has 0 saturated carbocycles. The van der Waals surface area contributed by atoms with Crippen molar-refractivity contribution < 1.29 is 19.4 Å². The minimum atomic E-state index is -1.08. The molecule has 1 atom stereocenters. The van der Waals surface area contributed by atoms with Crippen LogP contribution in [0.2, 0.25) is 0 Å². The topological polar surface area (TPSA) is 66.8 Å². The summed E-state index contributed by atoms with van der Waals surface area (Å²) in [5, 5.41) is 9.20. The van der Waals surface area contributed by atoms with Gasteiger partial charge in [-0.05, 0) is 46.2 Å². The van der Waals surface area contributed by atoms with Gasteiger partial charge in [0, 0.05) is 0 Å². The quantitative estimate of drug-likeness (QED) is 0.922. The van der Waals surface area contributed by atoms with Crippen molar-refractivity contribution in [1.29, 1.82) is 0 Å². The summed E-state index contributed by atoms with van der Waals surface area (Å²) in [4.78, 5) is 24.7. The van der Waals surface area contributed by atoms with E-state index in [2.05, 4.69) is 0 Å². The van der Waals surface area contributed by atoms with Crippen LogP contribution in [0.25, 0.3) is 0 Å². The molecule has 110 valence electrons. The maximum Gasteiger partial charge on any atom is 0.415 e. The summed E-state index contributed by atoms with van der Waals surface area (Å²) in [6, 6.07) is 6.11. The number of amides is 1. The molecule has 1 amide bonds. The summed E-state index contributed by atoms with van der Waals surface area (Å²) in [6.45, 7) is 8.51. The van der Waals surface area contributed by atoms with E-state index < -0.39 is 23.7 Å². The lowest BCUT2D eigenvalue weighted by Gasteiger charge is -2.30. The molecule has 1 N–H and O–H groups in total. The molecule has 0 saturated heterocycles. The molecule has 5 nitrogen and oxygen atoms in total. The van der Waals surface area contributed by atoms with Crippen LogP contribution >= 0.6 is 0 Å². The van der Waals surface area contributed by atoms with Gasteiger partial charge in [-0.15, -0.1) is 0 Å². The van der Waals surface area contributed by atoms with Gasteiger partial charge < -0.3 is 9.84 Å². The van der Waals surface area contributed by atoms with Gasteiger partial charge >= 0.3 is 12.1 Å². The number of anilines is 1. The van der Waals surface area contributed by atoms with Gasteiger partial charge in [0.25, 0.3) is 0 Å². The second-order valence-electron chi connectivity index (χ2n) is 5.65. The third kappa shape index (κ3) is 3.98. The first-order valence-electron chi connectivity index (χ1n) is 6.44. The van der Waals surface area contributed by atoms with Gasteiger partial charge in [-0.2, -0.15) is 0 Å². The Morgan fingerprint density at radius 3 is 2.25 bits per heavy atom. The normalized spacial score (nSPS) is 12.7. The smallest absolute Gasteiger partial charge is 0.415 e. The van der Waals surface area contributed by atoms with Crippen LogP contribution in [0.5, 0.6) is 0 Å². The summed E-state index contributed by atoms with van der Waals surface area (Å²) in [5.74, 6) is -1.08. The number of nitrogens with zero attached hydrogens (tertiary/aromatic N) is 1. The first-order valence-corrected chi connectivity index (χ1v) is 6.44. The molecule has 0 aliphatic carbocycles. The van der Waals surface area contributed by atoms with Crippen molar-refractivity contribution in [2.24, 2.45) is 0 Å². The highest BCUT2D eigenvalue weighted by Gasteiger charge is 2.31. The van der Waals surface area contributed by atoms with Crippen LogP contribution in [0.3, 0.4) is 0 Å². The second kappa shape index (κ2) is 5.94. The molecule has 0 fully saturated rings. The third-order valence-corrected chi connectivity index (χ3v) is 2.71. The third-order valence-electron chi connectivity index (χ3n) is 2.71. The Hall–Kier alpha value is -2.04. The SMILES string of the molecule is Cc1ccccc1N(C(=O)OC(C)(C)C)[C@H](C)C(=O)O. The molecule has 5 heteroatoms.